The largest absolute Gasteiger partial charge is 0.377 e. The summed E-state index contributed by atoms with van der Waals surface area (Å²) in [7, 11) is 0. The summed E-state index contributed by atoms with van der Waals surface area (Å²) in [5.74, 6) is 5.43. The van der Waals surface area contributed by atoms with Crippen LogP contribution in [0.4, 0.5) is 0 Å². The molecule has 4 saturated carbocycles. The maximum Gasteiger partial charge on any atom is 0.133 e. The van der Waals surface area contributed by atoms with Gasteiger partial charge in [-0.05, 0) is 56.3 Å². The van der Waals surface area contributed by atoms with Crippen molar-refractivity contribution in [3.05, 3.63) is 11.1 Å². The number of rotatable bonds is 0. The van der Waals surface area contributed by atoms with E-state index >= 15 is 0 Å². The molecule has 0 radical (unpaired) electrons. The monoisotopic (exact) mass is 270 g/mol. The van der Waals surface area contributed by atoms with Crippen LogP contribution in [0.1, 0.15) is 51.4 Å². The molecule has 2 bridgehead atoms. The number of Topliss-reactive ketones (excluding diaryl/α,β-unsaturated/α-hetero) is 1. The number of carbonyl (C=O) groups is 1. The molecule has 0 aromatic carbocycles. The Morgan fingerprint density at radius 2 is 1.80 bits per heavy atom. The minimum absolute atomic E-state index is 0.325. The van der Waals surface area contributed by atoms with Crippen molar-refractivity contribution in [2.75, 3.05) is 0 Å². The molecule has 4 aliphatic rings. The second-order valence-electron chi connectivity index (χ2n) is 7.36. The number of allylic oxidation sites excluding steroid dienone is 2. The Balaban J connectivity index is 1.57. The van der Waals surface area contributed by atoms with Crippen LogP contribution in [-0.4, -0.2) is 16.5 Å². The number of carbonyl (C=O) groups excluding carboxylic acids is 1. The topological polar surface area (TPSA) is 37.3 Å². The summed E-state index contributed by atoms with van der Waals surface area (Å²) in [6, 6.07) is 0. The molecule has 2 heteroatoms. The van der Waals surface area contributed by atoms with Crippen LogP contribution in [0.3, 0.4) is 0 Å². The van der Waals surface area contributed by atoms with Gasteiger partial charge < -0.3 is 5.11 Å². The van der Waals surface area contributed by atoms with Crippen molar-refractivity contribution in [1.82, 2.24) is 0 Å². The smallest absolute Gasteiger partial charge is 0.133 e. The number of terminal acetylenes is 1. The third-order valence-electron chi connectivity index (χ3n) is 6.54. The second-order valence-corrected chi connectivity index (χ2v) is 7.36. The quantitative estimate of drug-likeness (QED) is 0.543. The van der Waals surface area contributed by atoms with Crippen LogP contribution in [0.25, 0.3) is 0 Å². The van der Waals surface area contributed by atoms with E-state index < -0.39 is 5.60 Å². The van der Waals surface area contributed by atoms with E-state index in [0.717, 1.165) is 50.9 Å². The van der Waals surface area contributed by atoms with Gasteiger partial charge in [-0.3, -0.25) is 4.79 Å². The number of hydrogen-bond acceptors (Lipinski definition) is 2. The van der Waals surface area contributed by atoms with Gasteiger partial charge >= 0.3 is 0 Å². The standard InChI is InChI=1S/C18H22O2/c1-2-18(20)10-13-9-17(18)16-8-12(7-15(13)16)11-3-5-14(19)6-4-11/h1,13,15-17,20H,3-10H2/t13-,15-,16-,17-,18-/m0/s1. The Bertz CT molecular complexity index is 526. The fraction of sp³-hybridized carbons (Fsp3) is 0.722. The number of aliphatic hydroxyl groups is 1. The molecule has 0 saturated heterocycles. The Kier molecular flexibility index (Phi) is 2.67. The van der Waals surface area contributed by atoms with Crippen molar-refractivity contribution in [3.8, 4) is 12.3 Å². The first-order valence-electron chi connectivity index (χ1n) is 8.02. The summed E-state index contributed by atoms with van der Waals surface area (Å²) in [5.41, 5.74) is 2.35. The van der Waals surface area contributed by atoms with E-state index in [1.807, 2.05) is 0 Å². The van der Waals surface area contributed by atoms with Crippen LogP contribution in [0.2, 0.25) is 0 Å². The summed E-state index contributed by atoms with van der Waals surface area (Å²) >= 11 is 0. The summed E-state index contributed by atoms with van der Waals surface area (Å²) in [5, 5.41) is 10.6. The normalized spacial score (nSPS) is 46.7. The van der Waals surface area contributed by atoms with Crippen LogP contribution < -0.4 is 0 Å². The van der Waals surface area contributed by atoms with E-state index in [-0.39, 0.29) is 0 Å². The van der Waals surface area contributed by atoms with Gasteiger partial charge in [-0.2, -0.15) is 0 Å². The highest BCUT2D eigenvalue weighted by Gasteiger charge is 2.60. The number of hydrogen-bond donors (Lipinski definition) is 1. The van der Waals surface area contributed by atoms with E-state index in [2.05, 4.69) is 5.92 Å². The van der Waals surface area contributed by atoms with Gasteiger partial charge in [-0.25, -0.2) is 0 Å². The highest BCUT2D eigenvalue weighted by atomic mass is 16.3. The van der Waals surface area contributed by atoms with Gasteiger partial charge in [0.15, 0.2) is 0 Å². The van der Waals surface area contributed by atoms with Gasteiger partial charge in [0.25, 0.3) is 0 Å². The molecular formula is C18H22O2. The lowest BCUT2D eigenvalue weighted by molar-refractivity contribution is -0.119. The first kappa shape index (κ1) is 12.7. The molecule has 0 unspecified atom stereocenters. The Morgan fingerprint density at radius 1 is 1.10 bits per heavy atom. The van der Waals surface area contributed by atoms with E-state index in [4.69, 9.17) is 6.42 Å². The fourth-order valence-electron chi connectivity index (χ4n) is 5.56. The van der Waals surface area contributed by atoms with Crippen LogP contribution in [0.5, 0.6) is 0 Å². The van der Waals surface area contributed by atoms with Crippen molar-refractivity contribution in [2.45, 2.75) is 57.0 Å². The molecule has 20 heavy (non-hydrogen) atoms. The van der Waals surface area contributed by atoms with Crippen molar-refractivity contribution in [1.29, 1.82) is 0 Å². The van der Waals surface area contributed by atoms with E-state index in [1.54, 1.807) is 11.1 Å². The zero-order valence-corrected chi connectivity index (χ0v) is 11.9. The predicted octanol–water partition coefficient (Wildman–Crippen LogP) is 2.86. The minimum atomic E-state index is -0.825. The van der Waals surface area contributed by atoms with Gasteiger partial charge in [0.05, 0.1) is 0 Å². The zero-order chi connectivity index (χ0) is 13.9. The zero-order valence-electron chi connectivity index (χ0n) is 11.9. The van der Waals surface area contributed by atoms with Gasteiger partial charge in [0.2, 0.25) is 0 Å². The first-order chi connectivity index (χ1) is 9.60. The van der Waals surface area contributed by atoms with Crippen molar-refractivity contribution >= 4 is 5.78 Å². The summed E-state index contributed by atoms with van der Waals surface area (Å²) in [6.07, 6.45) is 13.4. The van der Waals surface area contributed by atoms with Gasteiger partial charge in [-0.1, -0.05) is 17.1 Å². The van der Waals surface area contributed by atoms with Crippen molar-refractivity contribution in [3.63, 3.8) is 0 Å². The lowest BCUT2D eigenvalue weighted by Crippen LogP contribution is -2.39. The van der Waals surface area contributed by atoms with Crippen molar-refractivity contribution in [2.24, 2.45) is 23.7 Å². The highest BCUT2D eigenvalue weighted by molar-refractivity contribution is 5.80. The number of ketones is 1. The molecular weight excluding hydrogens is 248 g/mol. The maximum absolute atomic E-state index is 11.4. The molecule has 0 aromatic heterocycles. The predicted molar refractivity (Wildman–Crippen MR) is 76.7 cm³/mol. The molecule has 0 amide bonds. The Hall–Kier alpha value is -1.07. The third kappa shape index (κ3) is 1.66. The van der Waals surface area contributed by atoms with E-state index in [1.165, 1.54) is 6.42 Å². The van der Waals surface area contributed by atoms with E-state index in [0.29, 0.717) is 23.5 Å². The third-order valence-corrected chi connectivity index (χ3v) is 6.54. The fourth-order valence-corrected chi connectivity index (χ4v) is 5.56. The molecule has 4 rings (SSSR count). The minimum Gasteiger partial charge on any atom is -0.377 e. The average Bonchev–Trinajstić information content (AvgIpc) is 3.09. The molecule has 4 aliphatic carbocycles. The molecule has 0 heterocycles. The highest BCUT2D eigenvalue weighted by Crippen LogP contribution is 2.63. The van der Waals surface area contributed by atoms with Crippen LogP contribution in [0, 0.1) is 36.0 Å². The van der Waals surface area contributed by atoms with Gasteiger partial charge in [0.1, 0.15) is 11.4 Å². The molecule has 4 fully saturated rings. The Morgan fingerprint density at radius 3 is 2.50 bits per heavy atom. The summed E-state index contributed by atoms with van der Waals surface area (Å²) in [6.45, 7) is 0. The lowest BCUT2D eigenvalue weighted by Gasteiger charge is -2.34. The maximum atomic E-state index is 11.4. The van der Waals surface area contributed by atoms with Crippen LogP contribution in [0.15, 0.2) is 11.1 Å². The molecule has 0 aromatic rings. The Labute approximate surface area is 120 Å². The molecule has 5 atom stereocenters. The van der Waals surface area contributed by atoms with Gasteiger partial charge in [0, 0.05) is 18.8 Å². The van der Waals surface area contributed by atoms with Gasteiger partial charge in [-0.15, -0.1) is 6.42 Å². The van der Waals surface area contributed by atoms with Crippen molar-refractivity contribution < 1.29 is 9.90 Å². The summed E-state index contributed by atoms with van der Waals surface area (Å²) < 4.78 is 0. The molecule has 1 N–H and O–H groups in total. The average molecular weight is 270 g/mol. The molecule has 106 valence electrons. The first-order valence-corrected chi connectivity index (χ1v) is 8.02. The van der Waals surface area contributed by atoms with Crippen LogP contribution in [-0.2, 0) is 4.79 Å². The second kappa shape index (κ2) is 4.21. The number of fused-ring (bicyclic) bond motifs is 5. The summed E-state index contributed by atoms with van der Waals surface area (Å²) in [4.78, 5) is 11.4. The van der Waals surface area contributed by atoms with E-state index in [9.17, 15) is 9.90 Å². The molecule has 0 spiro atoms. The SMILES string of the molecule is C#C[C@]1(O)C[C@@H]2C[C@H]1[C@H]1CC(=C3CCC(=O)CC3)C[C@@H]21. The van der Waals surface area contributed by atoms with Crippen LogP contribution >= 0.6 is 0 Å². The molecule has 0 aliphatic heterocycles. The lowest BCUT2D eigenvalue weighted by atomic mass is 9.73. The molecule has 2 nitrogen and oxygen atoms in total.